The Morgan fingerprint density at radius 1 is 1.43 bits per heavy atom. The molecule has 0 spiro atoms. The molecule has 2 atom stereocenters. The fourth-order valence-electron chi connectivity index (χ4n) is 2.42. The zero-order valence-electron chi connectivity index (χ0n) is 11.9. The summed E-state index contributed by atoms with van der Waals surface area (Å²) in [5.41, 5.74) is 1.05. The van der Waals surface area contributed by atoms with Crippen LogP contribution in [-0.2, 0) is 16.1 Å². The number of aliphatic hydroxyl groups is 1. The third kappa shape index (κ3) is 5.09. The number of piperazine rings is 1. The van der Waals surface area contributed by atoms with Crippen molar-refractivity contribution in [1.29, 1.82) is 0 Å². The van der Waals surface area contributed by atoms with E-state index in [0.717, 1.165) is 12.1 Å². The van der Waals surface area contributed by atoms with Crippen LogP contribution in [0.15, 0.2) is 30.3 Å². The minimum absolute atomic E-state index is 0.200. The van der Waals surface area contributed by atoms with E-state index in [0.29, 0.717) is 26.2 Å². The van der Waals surface area contributed by atoms with E-state index < -0.39 is 18.1 Å². The highest BCUT2D eigenvalue weighted by atomic mass is 16.5. The molecule has 1 aliphatic heterocycles. The highest BCUT2D eigenvalue weighted by Gasteiger charge is 2.29. The lowest BCUT2D eigenvalue weighted by Crippen LogP contribution is -2.56. The highest BCUT2D eigenvalue weighted by molar-refractivity contribution is 5.74. The number of benzene rings is 1. The minimum atomic E-state index is -0.861. The summed E-state index contributed by atoms with van der Waals surface area (Å²) < 4.78 is 5.48. The van der Waals surface area contributed by atoms with E-state index in [1.807, 2.05) is 30.3 Å². The van der Waals surface area contributed by atoms with Gasteiger partial charge in [-0.3, -0.25) is 9.69 Å². The lowest BCUT2D eigenvalue weighted by atomic mass is 10.1. The maximum atomic E-state index is 11.2. The molecule has 1 aromatic rings. The summed E-state index contributed by atoms with van der Waals surface area (Å²) in [7, 11) is 0. The van der Waals surface area contributed by atoms with E-state index in [2.05, 4.69) is 5.32 Å². The quantitative estimate of drug-likeness (QED) is 0.653. The van der Waals surface area contributed by atoms with E-state index in [4.69, 9.17) is 9.84 Å². The number of aliphatic carboxylic acids is 1. The number of rotatable bonds is 7. The Bertz CT molecular complexity index is 441. The fraction of sp³-hybridized carbons (Fsp3) is 0.533. The van der Waals surface area contributed by atoms with Gasteiger partial charge < -0.3 is 20.3 Å². The van der Waals surface area contributed by atoms with Crippen LogP contribution < -0.4 is 5.32 Å². The van der Waals surface area contributed by atoms with Gasteiger partial charge in [0.05, 0.1) is 19.3 Å². The van der Waals surface area contributed by atoms with Gasteiger partial charge in [0.25, 0.3) is 0 Å². The summed E-state index contributed by atoms with van der Waals surface area (Å²) in [5.74, 6) is -0.861. The summed E-state index contributed by atoms with van der Waals surface area (Å²) in [4.78, 5) is 12.9. The highest BCUT2D eigenvalue weighted by Crippen LogP contribution is 2.06. The van der Waals surface area contributed by atoms with Crippen molar-refractivity contribution >= 4 is 5.97 Å². The van der Waals surface area contributed by atoms with Crippen LogP contribution >= 0.6 is 0 Å². The number of hydrogen-bond donors (Lipinski definition) is 3. The molecule has 2 rings (SSSR count). The van der Waals surface area contributed by atoms with Crippen molar-refractivity contribution in [3.63, 3.8) is 0 Å². The molecule has 1 heterocycles. The van der Waals surface area contributed by atoms with Crippen LogP contribution in [0.5, 0.6) is 0 Å². The molecule has 1 saturated heterocycles. The molecule has 6 heteroatoms. The van der Waals surface area contributed by atoms with Crippen molar-refractivity contribution in [3.05, 3.63) is 35.9 Å². The molecular formula is C15H22N2O4. The third-order valence-electron chi connectivity index (χ3n) is 3.51. The van der Waals surface area contributed by atoms with Gasteiger partial charge in [0.2, 0.25) is 0 Å². The molecule has 0 radical (unpaired) electrons. The van der Waals surface area contributed by atoms with Gasteiger partial charge in [-0.1, -0.05) is 30.3 Å². The first kappa shape index (κ1) is 15.9. The lowest BCUT2D eigenvalue weighted by molar-refractivity contribution is -0.144. The molecule has 0 bridgehead atoms. The fourth-order valence-corrected chi connectivity index (χ4v) is 2.42. The predicted octanol–water partition coefficient (Wildman–Crippen LogP) is -0.0775. The Labute approximate surface area is 124 Å². The number of nitrogens with zero attached hydrogens (tertiary/aromatic N) is 1. The van der Waals surface area contributed by atoms with Gasteiger partial charge in [-0.2, -0.15) is 0 Å². The van der Waals surface area contributed by atoms with Crippen LogP contribution in [0, 0.1) is 0 Å². The van der Waals surface area contributed by atoms with Crippen molar-refractivity contribution in [2.45, 2.75) is 18.8 Å². The zero-order chi connectivity index (χ0) is 15.1. The molecule has 1 aliphatic rings. The Morgan fingerprint density at radius 2 is 2.19 bits per heavy atom. The number of nitrogens with one attached hydrogen (secondary N) is 1. The van der Waals surface area contributed by atoms with E-state index in [1.54, 1.807) is 4.90 Å². The first-order chi connectivity index (χ1) is 10.2. The van der Waals surface area contributed by atoms with Crippen molar-refractivity contribution in [1.82, 2.24) is 10.2 Å². The third-order valence-corrected chi connectivity index (χ3v) is 3.51. The van der Waals surface area contributed by atoms with E-state index >= 15 is 0 Å². The van der Waals surface area contributed by atoms with Crippen LogP contribution in [0.3, 0.4) is 0 Å². The lowest BCUT2D eigenvalue weighted by Gasteiger charge is -2.34. The normalized spacial score (nSPS) is 21.1. The van der Waals surface area contributed by atoms with Crippen LogP contribution in [0.2, 0.25) is 0 Å². The number of carbonyl (C=O) groups is 1. The second-order valence-electron chi connectivity index (χ2n) is 5.21. The van der Waals surface area contributed by atoms with Crippen molar-refractivity contribution in [2.75, 3.05) is 32.8 Å². The van der Waals surface area contributed by atoms with Gasteiger partial charge in [-0.25, -0.2) is 0 Å². The monoisotopic (exact) mass is 294 g/mol. The van der Waals surface area contributed by atoms with Crippen molar-refractivity contribution < 1.29 is 19.7 Å². The average molecular weight is 294 g/mol. The summed E-state index contributed by atoms with van der Waals surface area (Å²) in [6.07, 6.45) is -0.686. The zero-order valence-corrected chi connectivity index (χ0v) is 11.9. The molecule has 0 saturated carbocycles. The molecule has 116 valence electrons. The maximum Gasteiger partial charge on any atom is 0.322 e. The Hall–Kier alpha value is -1.47. The number of carboxylic acids is 1. The van der Waals surface area contributed by atoms with Crippen molar-refractivity contribution in [3.8, 4) is 0 Å². The largest absolute Gasteiger partial charge is 0.480 e. The van der Waals surface area contributed by atoms with Crippen LogP contribution in [-0.4, -0.2) is 66.0 Å². The van der Waals surface area contributed by atoms with Crippen LogP contribution in [0.4, 0.5) is 0 Å². The van der Waals surface area contributed by atoms with Gasteiger partial charge in [-0.05, 0) is 5.56 Å². The second kappa shape index (κ2) is 8.09. The molecule has 0 aliphatic carbocycles. The summed E-state index contributed by atoms with van der Waals surface area (Å²) in [5, 5.41) is 22.2. The molecular weight excluding hydrogens is 272 g/mol. The van der Waals surface area contributed by atoms with Crippen molar-refractivity contribution in [2.24, 2.45) is 0 Å². The SMILES string of the molecule is O=C(O)C1CNCCN1CC(O)COCc1ccccc1. The van der Waals surface area contributed by atoms with Gasteiger partial charge in [0.1, 0.15) is 6.04 Å². The number of hydrogen-bond acceptors (Lipinski definition) is 5. The van der Waals surface area contributed by atoms with Crippen LogP contribution in [0.25, 0.3) is 0 Å². The minimum Gasteiger partial charge on any atom is -0.480 e. The molecule has 3 N–H and O–H groups in total. The number of aliphatic hydroxyl groups excluding tert-OH is 1. The van der Waals surface area contributed by atoms with Gasteiger partial charge >= 0.3 is 5.97 Å². The standard InChI is InChI=1S/C15H22N2O4/c18-13(11-21-10-12-4-2-1-3-5-12)9-17-7-6-16-8-14(17)15(19)20/h1-5,13-14,16,18H,6-11H2,(H,19,20). The molecule has 0 amide bonds. The Morgan fingerprint density at radius 3 is 2.90 bits per heavy atom. The predicted molar refractivity (Wildman–Crippen MR) is 78.0 cm³/mol. The second-order valence-corrected chi connectivity index (χ2v) is 5.21. The topological polar surface area (TPSA) is 82.0 Å². The average Bonchev–Trinajstić information content (AvgIpc) is 2.48. The van der Waals surface area contributed by atoms with Gasteiger partial charge in [0, 0.05) is 26.2 Å². The summed E-state index contributed by atoms with van der Waals surface area (Å²) >= 11 is 0. The molecule has 1 fully saturated rings. The summed E-state index contributed by atoms with van der Waals surface area (Å²) in [6.45, 7) is 2.72. The Balaban J connectivity index is 1.73. The van der Waals surface area contributed by atoms with E-state index in [-0.39, 0.29) is 6.61 Å². The first-order valence-corrected chi connectivity index (χ1v) is 7.14. The van der Waals surface area contributed by atoms with Crippen LogP contribution in [0.1, 0.15) is 5.56 Å². The molecule has 6 nitrogen and oxygen atoms in total. The number of ether oxygens (including phenoxy) is 1. The first-order valence-electron chi connectivity index (χ1n) is 7.14. The number of carboxylic acid groups (broad SMARTS) is 1. The maximum absolute atomic E-state index is 11.2. The van der Waals surface area contributed by atoms with E-state index in [9.17, 15) is 9.90 Å². The molecule has 0 aromatic heterocycles. The molecule has 1 aromatic carbocycles. The molecule has 2 unspecified atom stereocenters. The smallest absolute Gasteiger partial charge is 0.322 e. The van der Waals surface area contributed by atoms with Gasteiger partial charge in [-0.15, -0.1) is 0 Å². The van der Waals surface area contributed by atoms with Gasteiger partial charge in [0.15, 0.2) is 0 Å². The van der Waals surface area contributed by atoms with E-state index in [1.165, 1.54) is 0 Å². The Kier molecular flexibility index (Phi) is 6.13. The number of β-amino-alcohol motifs (C(OH)–C–C–N with tert-alkyl or cyclic N) is 1. The molecule has 21 heavy (non-hydrogen) atoms. The summed E-state index contributed by atoms with van der Waals surface area (Å²) in [6, 6.07) is 9.16.